The summed E-state index contributed by atoms with van der Waals surface area (Å²) in [6, 6.07) is 18.1. The molecule has 7 nitrogen and oxygen atoms in total. The highest BCUT2D eigenvalue weighted by atomic mass is 32.2. The molecule has 0 radical (unpaired) electrons. The molecule has 9 heteroatoms. The van der Waals surface area contributed by atoms with Crippen LogP contribution in [0.25, 0.3) is 43.5 Å². The molecule has 1 aliphatic carbocycles. The number of hydrogen-bond acceptors (Lipinski definition) is 8. The summed E-state index contributed by atoms with van der Waals surface area (Å²) in [5.41, 5.74) is 4.55. The van der Waals surface area contributed by atoms with Gasteiger partial charge in [0, 0.05) is 16.5 Å². The summed E-state index contributed by atoms with van der Waals surface area (Å²) < 4.78 is 6.53. The van der Waals surface area contributed by atoms with Crippen molar-refractivity contribution in [2.45, 2.75) is 30.7 Å². The lowest BCUT2D eigenvalue weighted by atomic mass is 10.0. The molecule has 1 aliphatic rings. The van der Waals surface area contributed by atoms with E-state index in [0.717, 1.165) is 49.3 Å². The fraction of sp³-hybridized carbons (Fsp3) is 0.192. The van der Waals surface area contributed by atoms with Crippen LogP contribution in [0.3, 0.4) is 0 Å². The molecule has 0 fully saturated rings. The molecule has 0 spiro atoms. The van der Waals surface area contributed by atoms with Gasteiger partial charge in [-0.25, -0.2) is 9.97 Å². The molecule has 0 aliphatic heterocycles. The van der Waals surface area contributed by atoms with Gasteiger partial charge in [0.2, 0.25) is 11.1 Å². The highest BCUT2D eigenvalue weighted by molar-refractivity contribution is 8.00. The lowest BCUT2D eigenvalue weighted by molar-refractivity contribution is -0.115. The Morgan fingerprint density at radius 1 is 1.03 bits per heavy atom. The van der Waals surface area contributed by atoms with Crippen LogP contribution in [0.1, 0.15) is 20.3 Å². The van der Waals surface area contributed by atoms with Crippen molar-refractivity contribution in [3.63, 3.8) is 0 Å². The first-order valence-electron chi connectivity index (χ1n) is 11.4. The standard InChI is InChI=1S/C26H21N5O2S2/c1-3-19(24(32)29-25-27-18-12-11-15(33-4-2)13-20(18)35-25)34-26-28-22-16-9-5-7-14-8-6-10-17(21(14)16)23(22)30-31-26/h5-13,19H,3-4H2,1-2H3,(H,27,29,32). The van der Waals surface area contributed by atoms with Crippen molar-refractivity contribution in [2.24, 2.45) is 0 Å². The van der Waals surface area contributed by atoms with Crippen LogP contribution in [-0.2, 0) is 4.79 Å². The third-order valence-corrected chi connectivity index (χ3v) is 8.04. The number of carbonyl (C=O) groups excluding carboxylic acids is 1. The van der Waals surface area contributed by atoms with Gasteiger partial charge in [0.25, 0.3) is 0 Å². The van der Waals surface area contributed by atoms with Gasteiger partial charge >= 0.3 is 0 Å². The van der Waals surface area contributed by atoms with Crippen molar-refractivity contribution in [1.82, 2.24) is 20.2 Å². The molecule has 1 amide bonds. The molecule has 3 aromatic carbocycles. The van der Waals surface area contributed by atoms with E-state index < -0.39 is 0 Å². The van der Waals surface area contributed by atoms with E-state index in [9.17, 15) is 4.79 Å². The monoisotopic (exact) mass is 499 g/mol. The van der Waals surface area contributed by atoms with Crippen LogP contribution in [0.5, 0.6) is 5.75 Å². The van der Waals surface area contributed by atoms with Gasteiger partial charge in [0.1, 0.15) is 17.1 Å². The maximum absolute atomic E-state index is 13.1. The zero-order valence-electron chi connectivity index (χ0n) is 19.1. The summed E-state index contributed by atoms with van der Waals surface area (Å²) in [7, 11) is 0. The van der Waals surface area contributed by atoms with Crippen molar-refractivity contribution in [3.05, 3.63) is 54.6 Å². The van der Waals surface area contributed by atoms with Gasteiger partial charge in [0.15, 0.2) is 5.13 Å². The Morgan fingerprint density at radius 2 is 1.83 bits per heavy atom. The molecule has 2 heterocycles. The Balaban J connectivity index is 1.23. The first kappa shape index (κ1) is 21.9. The molecule has 0 bridgehead atoms. The van der Waals surface area contributed by atoms with Crippen LogP contribution < -0.4 is 10.1 Å². The van der Waals surface area contributed by atoms with Gasteiger partial charge in [-0.2, -0.15) is 0 Å². The maximum Gasteiger partial charge on any atom is 0.239 e. The first-order chi connectivity index (χ1) is 17.1. The molecule has 0 saturated carbocycles. The number of fused-ring (bicyclic) bond motifs is 4. The average molecular weight is 500 g/mol. The van der Waals surface area contributed by atoms with Crippen LogP contribution in [0.2, 0.25) is 0 Å². The van der Waals surface area contributed by atoms with Crippen LogP contribution in [-0.4, -0.2) is 37.9 Å². The van der Waals surface area contributed by atoms with Crippen LogP contribution in [0.15, 0.2) is 59.8 Å². The summed E-state index contributed by atoms with van der Waals surface area (Å²) >= 11 is 2.76. The van der Waals surface area contributed by atoms with Gasteiger partial charge in [-0.1, -0.05) is 66.4 Å². The number of thioether (sulfide) groups is 1. The minimum atomic E-state index is -0.375. The Labute approximate surface area is 210 Å². The second kappa shape index (κ2) is 8.90. The topological polar surface area (TPSA) is 89.9 Å². The SMILES string of the molecule is CCOc1ccc2nc(NC(=O)C(CC)Sc3nnc4c(n3)-c3cccc5cccc-4c35)sc2c1. The molecule has 35 heavy (non-hydrogen) atoms. The normalized spacial score (nSPS) is 12.6. The predicted octanol–water partition coefficient (Wildman–Crippen LogP) is 6.19. The number of aromatic nitrogens is 4. The van der Waals surface area contributed by atoms with Gasteiger partial charge in [-0.05, 0) is 36.9 Å². The van der Waals surface area contributed by atoms with Crippen molar-refractivity contribution >= 4 is 55.1 Å². The summed E-state index contributed by atoms with van der Waals surface area (Å²) in [5.74, 6) is 0.665. The zero-order chi connectivity index (χ0) is 23.9. The second-order valence-electron chi connectivity index (χ2n) is 8.09. The van der Waals surface area contributed by atoms with Crippen molar-refractivity contribution in [2.75, 3.05) is 11.9 Å². The summed E-state index contributed by atoms with van der Waals surface area (Å²) in [6.45, 7) is 4.52. The van der Waals surface area contributed by atoms with E-state index in [2.05, 4.69) is 44.8 Å². The minimum absolute atomic E-state index is 0.129. The second-order valence-corrected chi connectivity index (χ2v) is 10.3. The summed E-state index contributed by atoms with van der Waals surface area (Å²) in [4.78, 5) is 22.5. The summed E-state index contributed by atoms with van der Waals surface area (Å²) in [6.07, 6.45) is 0.617. The molecular weight excluding hydrogens is 478 g/mol. The Bertz CT molecular complexity index is 1590. The zero-order valence-corrected chi connectivity index (χ0v) is 20.7. The number of hydrogen-bond donors (Lipinski definition) is 1. The highest BCUT2D eigenvalue weighted by Crippen LogP contribution is 2.45. The fourth-order valence-electron chi connectivity index (χ4n) is 4.32. The number of nitrogens with zero attached hydrogens (tertiary/aromatic N) is 4. The molecular formula is C26H21N5O2S2. The van der Waals surface area contributed by atoms with E-state index in [1.807, 2.05) is 44.2 Å². The van der Waals surface area contributed by atoms with Crippen molar-refractivity contribution < 1.29 is 9.53 Å². The number of carbonyl (C=O) groups is 1. The molecule has 5 aromatic rings. The van der Waals surface area contributed by atoms with Crippen molar-refractivity contribution in [3.8, 4) is 28.3 Å². The minimum Gasteiger partial charge on any atom is -0.494 e. The van der Waals surface area contributed by atoms with E-state index in [1.54, 1.807) is 0 Å². The van der Waals surface area contributed by atoms with Crippen LogP contribution in [0.4, 0.5) is 5.13 Å². The van der Waals surface area contributed by atoms with Gasteiger partial charge in [0.05, 0.1) is 22.1 Å². The Hall–Kier alpha value is -3.56. The molecule has 6 rings (SSSR count). The lowest BCUT2D eigenvalue weighted by Crippen LogP contribution is -2.24. The number of thiazole rings is 1. The molecule has 1 N–H and O–H groups in total. The van der Waals surface area contributed by atoms with Crippen LogP contribution >= 0.6 is 23.1 Å². The van der Waals surface area contributed by atoms with Gasteiger partial charge in [-0.3, -0.25) is 4.79 Å². The average Bonchev–Trinajstić information content (AvgIpc) is 3.42. The predicted molar refractivity (Wildman–Crippen MR) is 141 cm³/mol. The van der Waals surface area contributed by atoms with E-state index in [0.29, 0.717) is 23.3 Å². The third-order valence-electron chi connectivity index (χ3n) is 5.89. The highest BCUT2D eigenvalue weighted by Gasteiger charge is 2.27. The Morgan fingerprint density at radius 3 is 2.60 bits per heavy atom. The number of nitrogens with one attached hydrogen (secondary N) is 1. The number of anilines is 1. The number of ether oxygens (including phenoxy) is 1. The third kappa shape index (κ3) is 3.90. The van der Waals surface area contributed by atoms with Crippen molar-refractivity contribution in [1.29, 1.82) is 0 Å². The maximum atomic E-state index is 13.1. The molecule has 1 atom stereocenters. The van der Waals surface area contributed by atoms with E-state index in [4.69, 9.17) is 9.72 Å². The fourth-order valence-corrected chi connectivity index (χ4v) is 6.03. The van der Waals surface area contributed by atoms with Gasteiger partial charge in [-0.15, -0.1) is 10.2 Å². The number of amides is 1. The van der Waals surface area contributed by atoms with E-state index >= 15 is 0 Å². The van der Waals surface area contributed by atoms with E-state index in [1.165, 1.54) is 23.1 Å². The lowest BCUT2D eigenvalue weighted by Gasteiger charge is -2.12. The quantitative estimate of drug-likeness (QED) is 0.262. The molecule has 174 valence electrons. The number of rotatable bonds is 7. The smallest absolute Gasteiger partial charge is 0.239 e. The molecule has 2 aromatic heterocycles. The van der Waals surface area contributed by atoms with Crippen LogP contribution in [0, 0.1) is 0 Å². The summed E-state index contributed by atoms with van der Waals surface area (Å²) in [5, 5.41) is 14.8. The van der Waals surface area contributed by atoms with E-state index in [-0.39, 0.29) is 11.2 Å². The Kier molecular flexibility index (Phi) is 5.58. The first-order valence-corrected chi connectivity index (χ1v) is 13.1. The number of benzene rings is 3. The molecule has 1 unspecified atom stereocenters. The largest absolute Gasteiger partial charge is 0.494 e. The molecule has 0 saturated heterocycles. The van der Waals surface area contributed by atoms with Gasteiger partial charge < -0.3 is 10.1 Å².